The molecule has 1 aromatic rings. The van der Waals surface area contributed by atoms with Gasteiger partial charge in [-0.2, -0.15) is 26.3 Å². The number of para-hydroxylation sites is 1. The van der Waals surface area contributed by atoms with Crippen molar-refractivity contribution < 1.29 is 35.5 Å². The SMILES string of the molecule is C=CC(NC(=O)Nc1ccccc1F)(C(F)(F)F)C(F)(F)F. The Kier molecular flexibility index (Phi) is 4.73. The molecule has 0 aliphatic rings. The molecule has 0 saturated heterocycles. The van der Waals surface area contributed by atoms with Crippen LogP contribution in [0.4, 0.5) is 41.2 Å². The first kappa shape index (κ1) is 17.8. The van der Waals surface area contributed by atoms with E-state index in [0.717, 1.165) is 17.4 Å². The maximum absolute atomic E-state index is 13.2. The van der Waals surface area contributed by atoms with E-state index in [1.54, 1.807) is 5.32 Å². The van der Waals surface area contributed by atoms with Crippen molar-refractivity contribution in [2.75, 3.05) is 5.32 Å². The number of halogens is 7. The number of carbonyl (C=O) groups is 1. The van der Waals surface area contributed by atoms with Crippen LogP contribution >= 0.6 is 0 Å². The highest BCUT2D eigenvalue weighted by molar-refractivity contribution is 5.90. The molecular formula is C12H9F7N2O. The van der Waals surface area contributed by atoms with Gasteiger partial charge in [0.25, 0.3) is 5.54 Å². The molecule has 0 atom stereocenters. The molecule has 0 aliphatic heterocycles. The molecule has 0 fully saturated rings. The molecule has 3 nitrogen and oxygen atoms in total. The van der Waals surface area contributed by atoms with E-state index in [1.807, 2.05) is 0 Å². The van der Waals surface area contributed by atoms with E-state index < -0.39 is 41.5 Å². The fourth-order valence-electron chi connectivity index (χ4n) is 1.48. The van der Waals surface area contributed by atoms with Crippen molar-refractivity contribution in [3.8, 4) is 0 Å². The zero-order valence-corrected chi connectivity index (χ0v) is 10.6. The molecule has 0 bridgehead atoms. The number of carbonyl (C=O) groups excluding carboxylic acids is 1. The van der Waals surface area contributed by atoms with Gasteiger partial charge in [0.15, 0.2) is 0 Å². The number of hydrogen-bond acceptors (Lipinski definition) is 1. The van der Waals surface area contributed by atoms with Crippen molar-refractivity contribution in [2.24, 2.45) is 0 Å². The maximum atomic E-state index is 13.2. The molecule has 0 aliphatic carbocycles. The van der Waals surface area contributed by atoms with Crippen LogP contribution in [0, 0.1) is 5.82 Å². The van der Waals surface area contributed by atoms with Gasteiger partial charge in [-0.3, -0.25) is 0 Å². The van der Waals surface area contributed by atoms with Crippen LogP contribution in [-0.2, 0) is 0 Å². The van der Waals surface area contributed by atoms with Crippen LogP contribution in [0.5, 0.6) is 0 Å². The minimum atomic E-state index is -5.89. The molecule has 22 heavy (non-hydrogen) atoms. The first-order valence-electron chi connectivity index (χ1n) is 5.55. The third-order valence-corrected chi connectivity index (χ3v) is 2.63. The van der Waals surface area contributed by atoms with Gasteiger partial charge in [-0.15, -0.1) is 6.58 Å². The van der Waals surface area contributed by atoms with Gasteiger partial charge in [0.05, 0.1) is 5.69 Å². The third kappa shape index (κ3) is 3.31. The van der Waals surface area contributed by atoms with Gasteiger partial charge < -0.3 is 10.6 Å². The van der Waals surface area contributed by atoms with E-state index in [-0.39, 0.29) is 0 Å². The second kappa shape index (κ2) is 5.85. The monoisotopic (exact) mass is 330 g/mol. The average Bonchev–Trinajstić information content (AvgIpc) is 2.35. The summed E-state index contributed by atoms with van der Waals surface area (Å²) in [5.74, 6) is -1.03. The lowest BCUT2D eigenvalue weighted by Crippen LogP contribution is -2.66. The number of amides is 2. The summed E-state index contributed by atoms with van der Waals surface area (Å²) in [6.45, 7) is 2.49. The number of nitrogens with one attached hydrogen (secondary N) is 2. The van der Waals surface area contributed by atoms with Crippen LogP contribution in [0.3, 0.4) is 0 Å². The highest BCUT2D eigenvalue weighted by Gasteiger charge is 2.70. The smallest absolute Gasteiger partial charge is 0.313 e. The molecule has 0 heterocycles. The Labute approximate surface area is 119 Å². The van der Waals surface area contributed by atoms with Crippen LogP contribution in [0.1, 0.15) is 0 Å². The predicted octanol–water partition coefficient (Wildman–Crippen LogP) is 4.00. The Bertz CT molecular complexity index is 551. The zero-order chi connectivity index (χ0) is 17.2. The minimum absolute atomic E-state index is 0.478. The van der Waals surface area contributed by atoms with Crippen LogP contribution in [-0.4, -0.2) is 23.9 Å². The summed E-state index contributed by atoms with van der Waals surface area (Å²) in [6.07, 6.45) is -12.3. The van der Waals surface area contributed by atoms with Crippen LogP contribution in [0.15, 0.2) is 36.9 Å². The summed E-state index contributed by atoms with van der Waals surface area (Å²) in [7, 11) is 0. The topological polar surface area (TPSA) is 41.1 Å². The van der Waals surface area contributed by atoms with Gasteiger partial charge in [-0.25, -0.2) is 9.18 Å². The number of hydrogen-bond donors (Lipinski definition) is 2. The molecular weight excluding hydrogens is 321 g/mol. The van der Waals surface area contributed by atoms with Gasteiger partial charge in [0.1, 0.15) is 5.82 Å². The maximum Gasteiger partial charge on any atom is 0.424 e. The van der Waals surface area contributed by atoms with Crippen molar-refractivity contribution in [1.82, 2.24) is 5.32 Å². The fourth-order valence-corrected chi connectivity index (χ4v) is 1.48. The standard InChI is InChI=1S/C12H9F7N2O/c1-2-10(11(14,15)16,12(17,18)19)21-9(22)20-8-6-4-3-5-7(8)13/h2-6H,1H2,(H2,20,21,22). The van der Waals surface area contributed by atoms with E-state index in [4.69, 9.17) is 0 Å². The van der Waals surface area contributed by atoms with E-state index in [1.165, 1.54) is 12.1 Å². The molecule has 0 radical (unpaired) electrons. The molecule has 2 amide bonds. The predicted molar refractivity (Wildman–Crippen MR) is 63.6 cm³/mol. The molecule has 2 N–H and O–H groups in total. The Morgan fingerprint density at radius 2 is 1.55 bits per heavy atom. The lowest BCUT2D eigenvalue weighted by Gasteiger charge is -2.35. The summed E-state index contributed by atoms with van der Waals surface area (Å²) in [4.78, 5) is 11.4. The molecule has 0 aromatic heterocycles. The molecule has 10 heteroatoms. The van der Waals surface area contributed by atoms with Crippen molar-refractivity contribution >= 4 is 11.7 Å². The first-order chi connectivity index (χ1) is 9.94. The van der Waals surface area contributed by atoms with Gasteiger partial charge in [0.2, 0.25) is 0 Å². The van der Waals surface area contributed by atoms with Crippen LogP contribution < -0.4 is 10.6 Å². The summed E-state index contributed by atoms with van der Waals surface area (Å²) in [5.41, 5.74) is -5.24. The van der Waals surface area contributed by atoms with Crippen LogP contribution in [0.2, 0.25) is 0 Å². The quantitative estimate of drug-likeness (QED) is 0.638. The number of urea groups is 1. The highest BCUT2D eigenvalue weighted by Crippen LogP contribution is 2.43. The normalized spacial score (nSPS) is 12.7. The average molecular weight is 330 g/mol. The summed E-state index contributed by atoms with van der Waals surface area (Å²) < 4.78 is 89.7. The Morgan fingerprint density at radius 1 is 1.05 bits per heavy atom. The Hall–Kier alpha value is -2.26. The van der Waals surface area contributed by atoms with E-state index in [0.29, 0.717) is 0 Å². The van der Waals surface area contributed by atoms with Gasteiger partial charge >= 0.3 is 18.4 Å². The molecule has 122 valence electrons. The molecule has 0 unspecified atom stereocenters. The van der Waals surface area contributed by atoms with Crippen molar-refractivity contribution in [3.05, 3.63) is 42.7 Å². The highest BCUT2D eigenvalue weighted by atomic mass is 19.4. The van der Waals surface area contributed by atoms with Crippen molar-refractivity contribution in [3.63, 3.8) is 0 Å². The molecule has 1 rings (SSSR count). The number of benzene rings is 1. The number of anilines is 1. The molecule has 0 saturated carbocycles. The number of rotatable bonds is 3. The van der Waals surface area contributed by atoms with Crippen molar-refractivity contribution in [1.29, 1.82) is 0 Å². The molecule has 0 spiro atoms. The second-order valence-electron chi connectivity index (χ2n) is 4.07. The first-order valence-corrected chi connectivity index (χ1v) is 5.55. The lowest BCUT2D eigenvalue weighted by atomic mass is 9.98. The minimum Gasteiger partial charge on any atom is -0.313 e. The summed E-state index contributed by atoms with van der Waals surface area (Å²) in [5, 5.41) is 2.32. The van der Waals surface area contributed by atoms with E-state index >= 15 is 0 Å². The lowest BCUT2D eigenvalue weighted by molar-refractivity contribution is -0.286. The van der Waals surface area contributed by atoms with E-state index in [2.05, 4.69) is 6.58 Å². The third-order valence-electron chi connectivity index (χ3n) is 2.63. The van der Waals surface area contributed by atoms with E-state index in [9.17, 15) is 35.5 Å². The van der Waals surface area contributed by atoms with Crippen molar-refractivity contribution in [2.45, 2.75) is 17.9 Å². The summed E-state index contributed by atoms with van der Waals surface area (Å²) >= 11 is 0. The Morgan fingerprint density at radius 3 is 1.95 bits per heavy atom. The van der Waals surface area contributed by atoms with Gasteiger partial charge in [-0.1, -0.05) is 12.1 Å². The fraction of sp³-hybridized carbons (Fsp3) is 0.250. The largest absolute Gasteiger partial charge is 0.424 e. The summed E-state index contributed by atoms with van der Waals surface area (Å²) in [6, 6.07) is 2.39. The van der Waals surface area contributed by atoms with Crippen LogP contribution in [0.25, 0.3) is 0 Å². The number of alkyl halides is 6. The van der Waals surface area contributed by atoms with Gasteiger partial charge in [-0.05, 0) is 18.2 Å². The molecule has 1 aromatic carbocycles. The zero-order valence-electron chi connectivity index (χ0n) is 10.6. The second-order valence-corrected chi connectivity index (χ2v) is 4.07. The Balaban J connectivity index is 3.08. The van der Waals surface area contributed by atoms with Gasteiger partial charge in [0, 0.05) is 0 Å².